The fourth-order valence-corrected chi connectivity index (χ4v) is 2.09. The van der Waals surface area contributed by atoms with Crippen LogP contribution in [0.25, 0.3) is 0 Å². The molecule has 14 heavy (non-hydrogen) atoms. The van der Waals surface area contributed by atoms with Gasteiger partial charge in [-0.25, -0.2) is 0 Å². The Morgan fingerprint density at radius 2 is 2.07 bits per heavy atom. The quantitative estimate of drug-likeness (QED) is 0.748. The monoisotopic (exact) mass is 248 g/mol. The lowest BCUT2D eigenvalue weighted by molar-refractivity contribution is -0.116. The number of benzene rings is 1. The summed E-state index contributed by atoms with van der Waals surface area (Å²) in [7, 11) is 0. The topological polar surface area (TPSA) is 17.1 Å². The summed E-state index contributed by atoms with van der Waals surface area (Å²) < 4.78 is 0. The van der Waals surface area contributed by atoms with E-state index in [1.807, 2.05) is 13.0 Å². The number of halogens is 2. The van der Waals surface area contributed by atoms with Crippen LogP contribution in [0.4, 0.5) is 0 Å². The molecule has 0 heterocycles. The smallest absolute Gasteiger partial charge is 0.142 e. The van der Waals surface area contributed by atoms with Crippen LogP contribution in [0.3, 0.4) is 0 Å². The Morgan fingerprint density at radius 1 is 1.36 bits per heavy atom. The summed E-state index contributed by atoms with van der Waals surface area (Å²) in [5.41, 5.74) is 0. The zero-order valence-corrected chi connectivity index (χ0v) is 10.0. The van der Waals surface area contributed by atoms with Crippen molar-refractivity contribution in [2.24, 2.45) is 0 Å². The van der Waals surface area contributed by atoms with E-state index in [0.717, 1.165) is 4.90 Å². The standard InChI is InChI=1S/C10H10Cl2OS/c1-2-7(13)6-14-8-3-4-9(11)10(12)5-8/h3-5H,2,6H2,1H3. The van der Waals surface area contributed by atoms with Crippen molar-refractivity contribution in [1.82, 2.24) is 0 Å². The molecule has 0 saturated carbocycles. The summed E-state index contributed by atoms with van der Waals surface area (Å²) in [5.74, 6) is 0.732. The number of carbonyl (C=O) groups is 1. The van der Waals surface area contributed by atoms with E-state index in [2.05, 4.69) is 0 Å². The molecule has 1 rings (SSSR count). The molecule has 0 fully saturated rings. The molecule has 0 aliphatic heterocycles. The Bertz CT molecular complexity index is 339. The first kappa shape index (κ1) is 11.9. The van der Waals surface area contributed by atoms with Crippen LogP contribution in [0, 0.1) is 0 Å². The van der Waals surface area contributed by atoms with Crippen LogP contribution in [0.2, 0.25) is 10.0 Å². The van der Waals surface area contributed by atoms with Gasteiger partial charge in [0.25, 0.3) is 0 Å². The minimum Gasteiger partial charge on any atom is -0.299 e. The number of hydrogen-bond donors (Lipinski definition) is 0. The normalized spacial score (nSPS) is 10.2. The number of carbonyl (C=O) groups excluding carboxylic acids is 1. The van der Waals surface area contributed by atoms with E-state index in [1.165, 1.54) is 11.8 Å². The minimum absolute atomic E-state index is 0.237. The third-order valence-electron chi connectivity index (χ3n) is 1.69. The molecule has 0 amide bonds. The molecule has 1 aromatic carbocycles. The molecule has 0 aliphatic rings. The Balaban J connectivity index is 2.60. The Labute approximate surface area is 97.8 Å². The van der Waals surface area contributed by atoms with Gasteiger partial charge in [0.2, 0.25) is 0 Å². The van der Waals surface area contributed by atoms with Gasteiger partial charge in [-0.1, -0.05) is 30.1 Å². The zero-order chi connectivity index (χ0) is 10.6. The number of Topliss-reactive ketones (excluding diaryl/α,β-unsaturated/α-hetero) is 1. The van der Waals surface area contributed by atoms with Crippen molar-refractivity contribution in [3.8, 4) is 0 Å². The van der Waals surface area contributed by atoms with Gasteiger partial charge in [-0.05, 0) is 18.2 Å². The predicted molar refractivity (Wildman–Crippen MR) is 62.5 cm³/mol. The lowest BCUT2D eigenvalue weighted by atomic mass is 10.3. The number of ketones is 1. The average molecular weight is 249 g/mol. The van der Waals surface area contributed by atoms with Crippen molar-refractivity contribution in [1.29, 1.82) is 0 Å². The predicted octanol–water partition coefficient (Wildman–Crippen LogP) is 4.06. The first-order valence-corrected chi connectivity index (χ1v) is 5.97. The average Bonchev–Trinajstić information content (AvgIpc) is 2.19. The number of rotatable bonds is 4. The molecule has 0 bridgehead atoms. The molecule has 0 radical (unpaired) electrons. The van der Waals surface area contributed by atoms with Gasteiger partial charge in [0, 0.05) is 11.3 Å². The minimum atomic E-state index is 0.237. The summed E-state index contributed by atoms with van der Waals surface area (Å²) in [6, 6.07) is 5.38. The van der Waals surface area contributed by atoms with Gasteiger partial charge < -0.3 is 0 Å². The van der Waals surface area contributed by atoms with Crippen molar-refractivity contribution < 1.29 is 4.79 Å². The summed E-state index contributed by atoms with van der Waals surface area (Å²) in [4.78, 5) is 12.0. The van der Waals surface area contributed by atoms with E-state index >= 15 is 0 Å². The van der Waals surface area contributed by atoms with Crippen LogP contribution in [0.1, 0.15) is 13.3 Å². The van der Waals surface area contributed by atoms with Crippen molar-refractivity contribution in [3.05, 3.63) is 28.2 Å². The Morgan fingerprint density at radius 3 is 2.64 bits per heavy atom. The van der Waals surface area contributed by atoms with Gasteiger partial charge >= 0.3 is 0 Å². The van der Waals surface area contributed by atoms with Crippen molar-refractivity contribution in [2.45, 2.75) is 18.2 Å². The Hall–Kier alpha value is -0.180. The van der Waals surface area contributed by atoms with E-state index in [1.54, 1.807) is 12.1 Å². The first-order chi connectivity index (χ1) is 6.63. The van der Waals surface area contributed by atoms with Crippen LogP contribution in [-0.2, 0) is 4.79 Å². The maximum atomic E-state index is 11.1. The van der Waals surface area contributed by atoms with E-state index in [9.17, 15) is 4.79 Å². The molecular formula is C10H10Cl2OS. The van der Waals surface area contributed by atoms with Crippen molar-refractivity contribution in [2.75, 3.05) is 5.75 Å². The third kappa shape index (κ3) is 3.52. The highest BCUT2D eigenvalue weighted by molar-refractivity contribution is 8.00. The highest BCUT2D eigenvalue weighted by Gasteiger charge is 2.02. The summed E-state index contributed by atoms with van der Waals surface area (Å²) in [5, 5.41) is 1.07. The van der Waals surface area contributed by atoms with Gasteiger partial charge in [0.05, 0.1) is 15.8 Å². The van der Waals surface area contributed by atoms with Crippen LogP contribution < -0.4 is 0 Å². The fraction of sp³-hybridized carbons (Fsp3) is 0.300. The lowest BCUT2D eigenvalue weighted by Gasteiger charge is -2.01. The molecule has 1 nitrogen and oxygen atoms in total. The van der Waals surface area contributed by atoms with Crippen LogP contribution in [0.15, 0.2) is 23.1 Å². The van der Waals surface area contributed by atoms with E-state index in [0.29, 0.717) is 22.2 Å². The van der Waals surface area contributed by atoms with Gasteiger partial charge in [0.1, 0.15) is 5.78 Å². The summed E-state index contributed by atoms with van der Waals surface area (Å²) in [6.07, 6.45) is 0.578. The third-order valence-corrected chi connectivity index (χ3v) is 3.48. The van der Waals surface area contributed by atoms with E-state index < -0.39 is 0 Å². The highest BCUT2D eigenvalue weighted by Crippen LogP contribution is 2.27. The molecule has 0 atom stereocenters. The van der Waals surface area contributed by atoms with Gasteiger partial charge in [-0.15, -0.1) is 11.8 Å². The SMILES string of the molecule is CCC(=O)CSc1ccc(Cl)c(Cl)c1. The van der Waals surface area contributed by atoms with Gasteiger partial charge in [-0.3, -0.25) is 4.79 Å². The lowest BCUT2D eigenvalue weighted by Crippen LogP contribution is -1.97. The number of hydrogen-bond acceptors (Lipinski definition) is 2. The maximum Gasteiger partial charge on any atom is 0.142 e. The van der Waals surface area contributed by atoms with Crippen molar-refractivity contribution in [3.63, 3.8) is 0 Å². The molecular weight excluding hydrogens is 239 g/mol. The molecule has 0 aromatic heterocycles. The van der Waals surface area contributed by atoms with E-state index in [-0.39, 0.29) is 5.78 Å². The van der Waals surface area contributed by atoms with Gasteiger partial charge in [0.15, 0.2) is 0 Å². The largest absolute Gasteiger partial charge is 0.299 e. The van der Waals surface area contributed by atoms with Crippen LogP contribution in [-0.4, -0.2) is 11.5 Å². The van der Waals surface area contributed by atoms with Crippen LogP contribution in [0.5, 0.6) is 0 Å². The second kappa shape index (κ2) is 5.64. The summed E-state index contributed by atoms with van der Waals surface area (Å²) >= 11 is 13.1. The zero-order valence-electron chi connectivity index (χ0n) is 7.72. The molecule has 4 heteroatoms. The molecule has 0 spiro atoms. The first-order valence-electron chi connectivity index (χ1n) is 4.23. The molecule has 0 saturated heterocycles. The molecule has 1 aromatic rings. The van der Waals surface area contributed by atoms with E-state index in [4.69, 9.17) is 23.2 Å². The van der Waals surface area contributed by atoms with Gasteiger partial charge in [-0.2, -0.15) is 0 Å². The second-order valence-electron chi connectivity index (χ2n) is 2.76. The molecule has 0 aliphatic carbocycles. The highest BCUT2D eigenvalue weighted by atomic mass is 35.5. The number of thioether (sulfide) groups is 1. The Kier molecular flexibility index (Phi) is 4.79. The van der Waals surface area contributed by atoms with Crippen molar-refractivity contribution >= 4 is 40.7 Å². The molecule has 76 valence electrons. The fourth-order valence-electron chi connectivity index (χ4n) is 0.833. The summed E-state index contributed by atoms with van der Waals surface area (Å²) in [6.45, 7) is 1.86. The van der Waals surface area contributed by atoms with Crippen LogP contribution >= 0.6 is 35.0 Å². The maximum absolute atomic E-state index is 11.1. The molecule has 0 N–H and O–H groups in total. The molecule has 0 unspecified atom stereocenters. The second-order valence-corrected chi connectivity index (χ2v) is 4.62.